The number of hydrogen-bond donors (Lipinski definition) is 2. The summed E-state index contributed by atoms with van der Waals surface area (Å²) in [7, 11) is 0. The number of halogens is 1. The summed E-state index contributed by atoms with van der Waals surface area (Å²) in [4.78, 5) is 23.0. The predicted octanol–water partition coefficient (Wildman–Crippen LogP) is 4.05. The van der Waals surface area contributed by atoms with Crippen LogP contribution >= 0.6 is 11.6 Å². The van der Waals surface area contributed by atoms with Crippen LogP contribution in [0.5, 0.6) is 5.75 Å². The third kappa shape index (κ3) is 5.28. The van der Waals surface area contributed by atoms with Crippen molar-refractivity contribution in [3.8, 4) is 5.75 Å². The zero-order chi connectivity index (χ0) is 17.5. The average molecular weight is 347 g/mol. The zero-order valence-corrected chi connectivity index (χ0v) is 14.3. The highest BCUT2D eigenvalue weighted by molar-refractivity contribution is 6.31. The maximum Gasteiger partial charge on any atom is 0.319 e. The maximum absolute atomic E-state index is 11.8. The van der Waals surface area contributed by atoms with E-state index < -0.39 is 0 Å². The van der Waals surface area contributed by atoms with Crippen LogP contribution in [0.2, 0.25) is 5.02 Å². The van der Waals surface area contributed by atoms with Crippen molar-refractivity contribution in [2.75, 3.05) is 18.5 Å². The van der Waals surface area contributed by atoms with Gasteiger partial charge in [-0.15, -0.1) is 0 Å². The third-order valence-electron chi connectivity index (χ3n) is 3.34. The van der Waals surface area contributed by atoms with E-state index in [1.165, 1.54) is 6.92 Å². The highest BCUT2D eigenvalue weighted by atomic mass is 35.5. The first kappa shape index (κ1) is 17.8. The van der Waals surface area contributed by atoms with Crippen molar-refractivity contribution in [1.29, 1.82) is 0 Å². The molecule has 0 aliphatic carbocycles. The molecule has 0 aromatic heterocycles. The second-order valence-electron chi connectivity index (χ2n) is 5.27. The van der Waals surface area contributed by atoms with E-state index in [1.54, 1.807) is 36.4 Å². The molecule has 2 N–H and O–H groups in total. The van der Waals surface area contributed by atoms with Crippen molar-refractivity contribution in [2.24, 2.45) is 0 Å². The van der Waals surface area contributed by atoms with Gasteiger partial charge in [0.2, 0.25) is 0 Å². The summed E-state index contributed by atoms with van der Waals surface area (Å²) in [6, 6.07) is 11.8. The van der Waals surface area contributed by atoms with Gasteiger partial charge in [-0.25, -0.2) is 4.79 Å². The standard InChI is InChI=1S/C18H19ClN2O3/c1-12-11-16(7-8-17(12)19)24-10-9-20-18(23)21-15-5-3-14(4-6-15)13(2)22/h3-8,11H,9-10H2,1-2H3,(H2,20,21,23). The number of anilines is 1. The molecule has 0 heterocycles. The molecule has 0 saturated carbocycles. The van der Waals surface area contributed by atoms with E-state index in [1.807, 2.05) is 13.0 Å². The summed E-state index contributed by atoms with van der Waals surface area (Å²) in [6.45, 7) is 4.10. The quantitative estimate of drug-likeness (QED) is 0.612. The largest absolute Gasteiger partial charge is 0.492 e. The average Bonchev–Trinajstić information content (AvgIpc) is 2.55. The minimum Gasteiger partial charge on any atom is -0.492 e. The fourth-order valence-corrected chi connectivity index (χ4v) is 2.12. The van der Waals surface area contributed by atoms with Crippen molar-refractivity contribution < 1.29 is 14.3 Å². The van der Waals surface area contributed by atoms with Crippen LogP contribution in [0.15, 0.2) is 42.5 Å². The molecule has 0 radical (unpaired) electrons. The van der Waals surface area contributed by atoms with Crippen LogP contribution < -0.4 is 15.4 Å². The number of urea groups is 1. The lowest BCUT2D eigenvalue weighted by atomic mass is 10.1. The fraction of sp³-hybridized carbons (Fsp3) is 0.222. The molecule has 5 nitrogen and oxygen atoms in total. The molecule has 0 aliphatic rings. The van der Waals surface area contributed by atoms with Crippen LogP contribution in [0.1, 0.15) is 22.8 Å². The van der Waals surface area contributed by atoms with E-state index in [-0.39, 0.29) is 11.8 Å². The molecule has 2 rings (SSSR count). The third-order valence-corrected chi connectivity index (χ3v) is 3.76. The normalized spacial score (nSPS) is 10.1. The van der Waals surface area contributed by atoms with Crippen LogP contribution in [0, 0.1) is 6.92 Å². The van der Waals surface area contributed by atoms with Crippen molar-refractivity contribution in [3.63, 3.8) is 0 Å². The first-order valence-electron chi connectivity index (χ1n) is 7.50. The molecule has 126 valence electrons. The van der Waals surface area contributed by atoms with Gasteiger partial charge in [-0.1, -0.05) is 11.6 Å². The summed E-state index contributed by atoms with van der Waals surface area (Å²) in [5.41, 5.74) is 2.16. The van der Waals surface area contributed by atoms with Gasteiger partial charge in [-0.3, -0.25) is 4.79 Å². The first-order chi connectivity index (χ1) is 11.5. The Bertz CT molecular complexity index is 730. The molecule has 0 atom stereocenters. The number of hydrogen-bond acceptors (Lipinski definition) is 3. The summed E-state index contributed by atoms with van der Waals surface area (Å²) in [6.07, 6.45) is 0. The molecule has 0 bridgehead atoms. The molecule has 6 heteroatoms. The Kier molecular flexibility index (Phi) is 6.21. The number of amides is 2. The molecule has 0 aliphatic heterocycles. The van der Waals surface area contributed by atoms with Crippen molar-refractivity contribution in [3.05, 3.63) is 58.6 Å². The number of carbonyl (C=O) groups excluding carboxylic acids is 2. The Morgan fingerprint density at radius 1 is 1.12 bits per heavy atom. The second kappa shape index (κ2) is 8.36. The minimum absolute atomic E-state index is 0.0133. The molecule has 0 fully saturated rings. The number of benzene rings is 2. The Morgan fingerprint density at radius 3 is 2.46 bits per heavy atom. The Labute approximate surface area is 146 Å². The lowest BCUT2D eigenvalue weighted by Crippen LogP contribution is -2.32. The molecular weight excluding hydrogens is 328 g/mol. The smallest absolute Gasteiger partial charge is 0.319 e. The first-order valence-corrected chi connectivity index (χ1v) is 7.88. The van der Waals surface area contributed by atoms with Crippen LogP contribution in [0.3, 0.4) is 0 Å². The van der Waals surface area contributed by atoms with Gasteiger partial charge in [0.15, 0.2) is 5.78 Å². The number of carbonyl (C=O) groups is 2. The number of ether oxygens (including phenoxy) is 1. The number of ketones is 1. The maximum atomic E-state index is 11.8. The zero-order valence-electron chi connectivity index (χ0n) is 13.6. The number of aryl methyl sites for hydroxylation is 1. The highest BCUT2D eigenvalue weighted by Gasteiger charge is 2.03. The van der Waals surface area contributed by atoms with Crippen molar-refractivity contribution in [2.45, 2.75) is 13.8 Å². The van der Waals surface area contributed by atoms with E-state index >= 15 is 0 Å². The number of nitrogens with one attached hydrogen (secondary N) is 2. The minimum atomic E-state index is -0.332. The van der Waals surface area contributed by atoms with E-state index in [0.29, 0.717) is 35.2 Å². The van der Waals surface area contributed by atoms with Crippen LogP contribution in [0.25, 0.3) is 0 Å². The van der Waals surface area contributed by atoms with Gasteiger partial charge >= 0.3 is 6.03 Å². The molecule has 0 unspecified atom stereocenters. The molecule has 2 aromatic carbocycles. The van der Waals surface area contributed by atoms with Gasteiger partial charge < -0.3 is 15.4 Å². The number of Topliss-reactive ketones (excluding diaryl/α,β-unsaturated/α-hetero) is 1. The molecule has 0 spiro atoms. The van der Waals surface area contributed by atoms with E-state index in [2.05, 4.69) is 10.6 Å². The summed E-state index contributed by atoms with van der Waals surface area (Å²) in [5, 5.41) is 6.08. The summed E-state index contributed by atoms with van der Waals surface area (Å²) < 4.78 is 5.55. The highest BCUT2D eigenvalue weighted by Crippen LogP contribution is 2.20. The molecule has 24 heavy (non-hydrogen) atoms. The lowest BCUT2D eigenvalue weighted by Gasteiger charge is -2.10. The predicted molar refractivity (Wildman–Crippen MR) is 95.2 cm³/mol. The van der Waals surface area contributed by atoms with Gasteiger partial charge in [0.1, 0.15) is 12.4 Å². The van der Waals surface area contributed by atoms with Gasteiger partial charge in [0.25, 0.3) is 0 Å². The summed E-state index contributed by atoms with van der Waals surface area (Å²) >= 11 is 5.95. The molecule has 2 aromatic rings. The molecule has 0 saturated heterocycles. The second-order valence-corrected chi connectivity index (χ2v) is 5.68. The Balaban J connectivity index is 1.73. The monoisotopic (exact) mass is 346 g/mol. The van der Waals surface area contributed by atoms with E-state index in [0.717, 1.165) is 5.56 Å². The van der Waals surface area contributed by atoms with Gasteiger partial charge in [-0.05, 0) is 61.9 Å². The fourth-order valence-electron chi connectivity index (χ4n) is 2.00. The lowest BCUT2D eigenvalue weighted by molar-refractivity contribution is 0.101. The number of rotatable bonds is 6. The molecular formula is C18H19ClN2O3. The van der Waals surface area contributed by atoms with E-state index in [9.17, 15) is 9.59 Å². The van der Waals surface area contributed by atoms with Gasteiger partial charge in [-0.2, -0.15) is 0 Å². The van der Waals surface area contributed by atoms with Gasteiger partial charge in [0.05, 0.1) is 6.54 Å². The van der Waals surface area contributed by atoms with E-state index in [4.69, 9.17) is 16.3 Å². The van der Waals surface area contributed by atoms with Crippen LogP contribution in [0.4, 0.5) is 10.5 Å². The Morgan fingerprint density at radius 2 is 1.83 bits per heavy atom. The van der Waals surface area contributed by atoms with Crippen molar-refractivity contribution in [1.82, 2.24) is 5.32 Å². The summed E-state index contributed by atoms with van der Waals surface area (Å²) in [5.74, 6) is 0.694. The SMILES string of the molecule is CC(=O)c1ccc(NC(=O)NCCOc2ccc(Cl)c(C)c2)cc1. The van der Waals surface area contributed by atoms with Crippen LogP contribution in [-0.4, -0.2) is 25.0 Å². The molecule has 2 amide bonds. The topological polar surface area (TPSA) is 67.4 Å². The Hall–Kier alpha value is -2.53. The van der Waals surface area contributed by atoms with Crippen LogP contribution in [-0.2, 0) is 0 Å². The van der Waals surface area contributed by atoms with Gasteiger partial charge in [0, 0.05) is 16.3 Å². The van der Waals surface area contributed by atoms with Crippen molar-refractivity contribution >= 4 is 29.1 Å².